The van der Waals surface area contributed by atoms with Gasteiger partial charge in [0.1, 0.15) is 5.76 Å². The zero-order valence-corrected chi connectivity index (χ0v) is 12.6. The third kappa shape index (κ3) is 6.95. The summed E-state index contributed by atoms with van der Waals surface area (Å²) in [7, 11) is 1.66. The Kier molecular flexibility index (Phi) is 8.16. The summed E-state index contributed by atoms with van der Waals surface area (Å²) in [4.78, 5) is 4.24. The summed E-state index contributed by atoms with van der Waals surface area (Å²) in [5.41, 5.74) is 1.02. The van der Waals surface area contributed by atoms with Gasteiger partial charge >= 0.3 is 0 Å². The van der Waals surface area contributed by atoms with Gasteiger partial charge < -0.3 is 4.74 Å². The van der Waals surface area contributed by atoms with E-state index in [9.17, 15) is 0 Å². The number of nitrogens with zero attached hydrogens (tertiary/aromatic N) is 1. The topological polar surface area (TPSA) is 21.6 Å². The van der Waals surface area contributed by atoms with E-state index < -0.39 is 0 Å². The van der Waals surface area contributed by atoms with Gasteiger partial charge in [-0.2, -0.15) is 0 Å². The molecule has 3 heteroatoms. The van der Waals surface area contributed by atoms with Crippen molar-refractivity contribution >= 4 is 17.8 Å². The van der Waals surface area contributed by atoms with Crippen LogP contribution >= 0.6 is 11.6 Å². The van der Waals surface area contributed by atoms with Crippen LogP contribution in [0.4, 0.5) is 0 Å². The summed E-state index contributed by atoms with van der Waals surface area (Å²) in [5.74, 6) is 0.855. The third-order valence-electron chi connectivity index (χ3n) is 2.49. The van der Waals surface area contributed by atoms with Gasteiger partial charge in [-0.1, -0.05) is 42.5 Å². The number of halogens is 1. The predicted octanol–water partition coefficient (Wildman–Crippen LogP) is 4.73. The number of rotatable bonds is 6. The van der Waals surface area contributed by atoms with Gasteiger partial charge in [0, 0.05) is 12.4 Å². The van der Waals surface area contributed by atoms with Gasteiger partial charge in [0.2, 0.25) is 0 Å². The van der Waals surface area contributed by atoms with E-state index >= 15 is 0 Å². The molecule has 1 aliphatic rings. The van der Waals surface area contributed by atoms with Gasteiger partial charge in [-0.15, -0.1) is 11.6 Å². The average Bonchev–Trinajstić information content (AvgIpc) is 2.66. The summed E-state index contributed by atoms with van der Waals surface area (Å²) in [6.45, 7) is 1.96. The Morgan fingerprint density at radius 2 is 2.30 bits per heavy atom. The SMILES string of the molecule is C/C=C\C(=CC/C=C/N=CC1=CC=CC(Cl)C=C1)OC. The van der Waals surface area contributed by atoms with Crippen LogP contribution in [-0.2, 0) is 4.74 Å². The van der Waals surface area contributed by atoms with Crippen molar-refractivity contribution in [1.29, 1.82) is 0 Å². The fraction of sp³-hybridized carbons (Fsp3) is 0.235. The summed E-state index contributed by atoms with van der Waals surface area (Å²) in [5, 5.41) is -0.0445. The maximum atomic E-state index is 5.97. The zero-order chi connectivity index (χ0) is 14.6. The number of ether oxygens (including phenoxy) is 1. The number of allylic oxidation sites excluding steroid dienone is 10. The summed E-state index contributed by atoms with van der Waals surface area (Å²) >= 11 is 5.97. The number of aliphatic imine (C=N–C) groups is 1. The second-order valence-electron chi connectivity index (χ2n) is 4.06. The molecule has 1 atom stereocenters. The molecular formula is C17H20ClNO. The van der Waals surface area contributed by atoms with Crippen molar-refractivity contribution in [2.75, 3.05) is 7.11 Å². The highest BCUT2D eigenvalue weighted by Gasteiger charge is 1.95. The quantitative estimate of drug-likeness (QED) is 0.300. The Labute approximate surface area is 126 Å². The van der Waals surface area contributed by atoms with Crippen LogP contribution in [0.1, 0.15) is 13.3 Å². The van der Waals surface area contributed by atoms with Crippen molar-refractivity contribution in [2.45, 2.75) is 18.7 Å². The summed E-state index contributed by atoms with van der Waals surface area (Å²) in [6, 6.07) is 0. The molecule has 106 valence electrons. The second kappa shape index (κ2) is 10.0. The monoisotopic (exact) mass is 289 g/mol. The zero-order valence-electron chi connectivity index (χ0n) is 11.9. The normalized spacial score (nSPS) is 20.1. The lowest BCUT2D eigenvalue weighted by Gasteiger charge is -1.97. The minimum atomic E-state index is -0.0445. The van der Waals surface area contributed by atoms with Crippen LogP contribution in [0.3, 0.4) is 0 Å². The highest BCUT2D eigenvalue weighted by atomic mass is 35.5. The molecule has 2 nitrogen and oxygen atoms in total. The Bertz CT molecular complexity index is 493. The van der Waals surface area contributed by atoms with Gasteiger partial charge in [-0.25, -0.2) is 0 Å². The first kappa shape index (κ1) is 16.3. The van der Waals surface area contributed by atoms with Crippen LogP contribution in [0.2, 0.25) is 0 Å². The Morgan fingerprint density at radius 3 is 3.05 bits per heavy atom. The molecule has 0 bridgehead atoms. The Balaban J connectivity index is 2.45. The van der Waals surface area contributed by atoms with Crippen LogP contribution in [-0.4, -0.2) is 18.7 Å². The van der Waals surface area contributed by atoms with Crippen molar-refractivity contribution in [2.24, 2.45) is 4.99 Å². The summed E-state index contributed by atoms with van der Waals surface area (Å²) in [6.07, 6.45) is 21.9. The fourth-order valence-corrected chi connectivity index (χ4v) is 1.66. The largest absolute Gasteiger partial charge is 0.497 e. The van der Waals surface area contributed by atoms with Gasteiger partial charge in [0.05, 0.1) is 12.5 Å². The Morgan fingerprint density at radius 1 is 1.45 bits per heavy atom. The van der Waals surface area contributed by atoms with Gasteiger partial charge in [0.25, 0.3) is 0 Å². The molecule has 1 rings (SSSR count). The van der Waals surface area contributed by atoms with Crippen molar-refractivity contribution in [3.63, 3.8) is 0 Å². The lowest BCUT2D eigenvalue weighted by Crippen LogP contribution is -1.83. The number of methoxy groups -OCH3 is 1. The molecule has 0 saturated heterocycles. The van der Waals surface area contributed by atoms with E-state index in [1.54, 1.807) is 19.5 Å². The lowest BCUT2D eigenvalue weighted by molar-refractivity contribution is 0.305. The molecule has 1 aliphatic carbocycles. The molecule has 0 aliphatic heterocycles. The molecule has 0 amide bonds. The van der Waals surface area contributed by atoms with Crippen LogP contribution in [0.5, 0.6) is 0 Å². The highest BCUT2D eigenvalue weighted by Crippen LogP contribution is 2.08. The van der Waals surface area contributed by atoms with Crippen LogP contribution in [0, 0.1) is 0 Å². The maximum Gasteiger partial charge on any atom is 0.114 e. The van der Waals surface area contributed by atoms with E-state index in [0.717, 1.165) is 17.8 Å². The van der Waals surface area contributed by atoms with E-state index in [4.69, 9.17) is 16.3 Å². The van der Waals surface area contributed by atoms with Crippen LogP contribution < -0.4 is 0 Å². The van der Waals surface area contributed by atoms with E-state index in [0.29, 0.717) is 0 Å². The van der Waals surface area contributed by atoms with E-state index in [1.165, 1.54) is 0 Å². The van der Waals surface area contributed by atoms with Gasteiger partial charge in [-0.05, 0) is 31.1 Å². The fourth-order valence-electron chi connectivity index (χ4n) is 1.50. The summed E-state index contributed by atoms with van der Waals surface area (Å²) < 4.78 is 5.18. The number of hydrogen-bond donors (Lipinski definition) is 0. The molecule has 0 aromatic rings. The molecule has 0 radical (unpaired) electrons. The van der Waals surface area contributed by atoms with Crippen molar-refractivity contribution in [1.82, 2.24) is 0 Å². The molecule has 0 aromatic heterocycles. The first-order valence-corrected chi connectivity index (χ1v) is 6.95. The van der Waals surface area contributed by atoms with Crippen molar-refractivity contribution in [3.05, 3.63) is 72.2 Å². The molecule has 0 aromatic carbocycles. The average molecular weight is 290 g/mol. The lowest BCUT2D eigenvalue weighted by atomic mass is 10.2. The van der Waals surface area contributed by atoms with Gasteiger partial charge in [0.15, 0.2) is 0 Å². The van der Waals surface area contributed by atoms with Crippen LogP contribution in [0.15, 0.2) is 77.2 Å². The van der Waals surface area contributed by atoms with E-state index in [1.807, 2.05) is 61.6 Å². The molecular weight excluding hydrogens is 270 g/mol. The minimum Gasteiger partial charge on any atom is -0.497 e. The second-order valence-corrected chi connectivity index (χ2v) is 4.57. The van der Waals surface area contributed by atoms with Crippen LogP contribution in [0.25, 0.3) is 0 Å². The maximum absolute atomic E-state index is 5.97. The number of hydrogen-bond acceptors (Lipinski definition) is 2. The third-order valence-corrected chi connectivity index (χ3v) is 2.78. The smallest absolute Gasteiger partial charge is 0.114 e. The van der Waals surface area contributed by atoms with E-state index in [-0.39, 0.29) is 5.38 Å². The molecule has 0 N–H and O–H groups in total. The number of alkyl halides is 1. The van der Waals surface area contributed by atoms with Crippen molar-refractivity contribution in [3.8, 4) is 0 Å². The van der Waals surface area contributed by atoms with Crippen molar-refractivity contribution < 1.29 is 4.74 Å². The molecule has 0 fully saturated rings. The Hall–Kier alpha value is -1.80. The van der Waals surface area contributed by atoms with Gasteiger partial charge in [-0.3, -0.25) is 4.99 Å². The first-order valence-electron chi connectivity index (χ1n) is 6.52. The minimum absolute atomic E-state index is 0.0445. The van der Waals surface area contributed by atoms with E-state index in [2.05, 4.69) is 4.99 Å². The molecule has 0 spiro atoms. The predicted molar refractivity (Wildman–Crippen MR) is 88.2 cm³/mol. The molecule has 1 unspecified atom stereocenters. The first-order chi connectivity index (χ1) is 9.76. The standard InChI is InChI=1S/C17H20ClNO/c1-3-7-17(20-2)10-4-5-13-19-14-15-8-6-9-16(18)12-11-15/h3,5-14,16H,4H2,1-2H3/b7-3-,13-5+,17-10?,19-14?. The molecule has 0 saturated carbocycles. The highest BCUT2D eigenvalue weighted by molar-refractivity contribution is 6.23. The molecule has 0 heterocycles. The molecule has 20 heavy (non-hydrogen) atoms.